The van der Waals surface area contributed by atoms with Crippen LogP contribution in [0.4, 0.5) is 11.4 Å². The predicted molar refractivity (Wildman–Crippen MR) is 82.2 cm³/mol. The number of hydrogen-bond acceptors (Lipinski definition) is 3. The first-order valence-corrected chi connectivity index (χ1v) is 7.25. The summed E-state index contributed by atoms with van der Waals surface area (Å²) in [5, 5.41) is 11.8. The minimum atomic E-state index is -1.03. The monoisotopic (exact) mass is 290 g/mol. The molecule has 4 N–H and O–H groups in total. The highest BCUT2D eigenvalue weighted by Gasteiger charge is 2.37. The van der Waals surface area contributed by atoms with Crippen molar-refractivity contribution in [3.05, 3.63) is 23.8 Å². The van der Waals surface area contributed by atoms with Crippen molar-refractivity contribution in [2.24, 2.45) is 11.3 Å². The van der Waals surface area contributed by atoms with Gasteiger partial charge < -0.3 is 16.2 Å². The molecule has 0 bridgehead atoms. The summed E-state index contributed by atoms with van der Waals surface area (Å²) in [6.45, 7) is 4.24. The Balaban J connectivity index is 2.14. The molecule has 1 aromatic rings. The van der Waals surface area contributed by atoms with Crippen LogP contribution >= 0.6 is 0 Å². The maximum Gasteiger partial charge on any atom is 0.335 e. The Bertz CT molecular complexity index is 567. The van der Waals surface area contributed by atoms with E-state index < -0.39 is 5.97 Å². The molecule has 1 fully saturated rings. The number of aromatic carboxylic acids is 1. The number of carbonyl (C=O) groups is 2. The SMILES string of the molecule is CC1(C)CCCCC1C(=O)Nc1ccc(C(=O)O)cc1N. The number of nitrogens with one attached hydrogen (secondary N) is 1. The fourth-order valence-corrected chi connectivity index (χ4v) is 3.01. The highest BCUT2D eigenvalue weighted by atomic mass is 16.4. The molecule has 5 heteroatoms. The lowest BCUT2D eigenvalue weighted by atomic mass is 9.68. The zero-order valence-electron chi connectivity index (χ0n) is 12.5. The van der Waals surface area contributed by atoms with Crippen LogP contribution in [0.3, 0.4) is 0 Å². The first-order valence-electron chi connectivity index (χ1n) is 7.25. The Kier molecular flexibility index (Phi) is 4.21. The van der Waals surface area contributed by atoms with Gasteiger partial charge in [0.15, 0.2) is 0 Å². The smallest absolute Gasteiger partial charge is 0.335 e. The van der Waals surface area contributed by atoms with Crippen molar-refractivity contribution in [3.63, 3.8) is 0 Å². The van der Waals surface area contributed by atoms with Gasteiger partial charge in [0.25, 0.3) is 0 Å². The maximum absolute atomic E-state index is 12.5. The Hall–Kier alpha value is -2.04. The van der Waals surface area contributed by atoms with E-state index in [0.29, 0.717) is 5.69 Å². The Morgan fingerprint density at radius 3 is 2.62 bits per heavy atom. The molecule has 1 aliphatic carbocycles. The van der Waals surface area contributed by atoms with Crippen LogP contribution in [0, 0.1) is 11.3 Å². The second kappa shape index (κ2) is 5.76. The average molecular weight is 290 g/mol. The third-order valence-corrected chi connectivity index (χ3v) is 4.38. The van der Waals surface area contributed by atoms with Gasteiger partial charge in [0.05, 0.1) is 16.9 Å². The predicted octanol–water partition coefficient (Wildman–Crippen LogP) is 3.12. The molecule has 1 atom stereocenters. The zero-order valence-corrected chi connectivity index (χ0v) is 12.5. The topological polar surface area (TPSA) is 92.4 Å². The van der Waals surface area contributed by atoms with Gasteiger partial charge in [-0.25, -0.2) is 4.79 Å². The first-order chi connectivity index (χ1) is 9.81. The molecule has 21 heavy (non-hydrogen) atoms. The second-order valence-electron chi connectivity index (χ2n) is 6.38. The molecule has 0 aliphatic heterocycles. The van der Waals surface area contributed by atoms with Crippen LogP contribution in [0.1, 0.15) is 49.9 Å². The quantitative estimate of drug-likeness (QED) is 0.746. The number of anilines is 2. The van der Waals surface area contributed by atoms with Gasteiger partial charge in [0, 0.05) is 5.92 Å². The lowest BCUT2D eigenvalue weighted by molar-refractivity contribution is -0.124. The number of carbonyl (C=O) groups excluding carboxylic acids is 1. The van der Waals surface area contributed by atoms with Gasteiger partial charge in [-0.05, 0) is 36.5 Å². The van der Waals surface area contributed by atoms with Crippen LogP contribution in [0.5, 0.6) is 0 Å². The van der Waals surface area contributed by atoms with Crippen LogP contribution in [0.25, 0.3) is 0 Å². The fraction of sp³-hybridized carbons (Fsp3) is 0.500. The standard InChI is InChI=1S/C16H22N2O3/c1-16(2)8-4-3-5-11(16)14(19)18-13-7-6-10(15(20)21)9-12(13)17/h6-7,9,11H,3-5,8,17H2,1-2H3,(H,18,19)(H,20,21). The third-order valence-electron chi connectivity index (χ3n) is 4.38. The van der Waals surface area contributed by atoms with E-state index in [1.807, 2.05) is 0 Å². The van der Waals surface area contributed by atoms with Gasteiger partial charge >= 0.3 is 5.97 Å². The summed E-state index contributed by atoms with van der Waals surface area (Å²) in [6, 6.07) is 4.36. The molecule has 0 heterocycles. The van der Waals surface area contributed by atoms with Crippen molar-refractivity contribution in [2.75, 3.05) is 11.1 Å². The molecule has 2 rings (SSSR count). The van der Waals surface area contributed by atoms with Gasteiger partial charge in [-0.1, -0.05) is 26.7 Å². The summed E-state index contributed by atoms with van der Waals surface area (Å²) in [6.07, 6.45) is 4.14. The molecule has 1 amide bonds. The molecule has 1 unspecified atom stereocenters. The molecular formula is C16H22N2O3. The van der Waals surface area contributed by atoms with Gasteiger partial charge in [-0.3, -0.25) is 4.79 Å². The molecule has 0 saturated heterocycles. The molecule has 1 aliphatic rings. The summed E-state index contributed by atoms with van der Waals surface area (Å²) >= 11 is 0. The van der Waals surface area contributed by atoms with E-state index in [-0.39, 0.29) is 28.5 Å². The fourth-order valence-electron chi connectivity index (χ4n) is 3.01. The van der Waals surface area contributed by atoms with Crippen molar-refractivity contribution in [3.8, 4) is 0 Å². The Morgan fingerprint density at radius 2 is 2.05 bits per heavy atom. The highest BCUT2D eigenvalue weighted by molar-refractivity contribution is 5.97. The summed E-state index contributed by atoms with van der Waals surface area (Å²) in [5.41, 5.74) is 6.68. The van der Waals surface area contributed by atoms with E-state index in [1.54, 1.807) is 6.07 Å². The molecule has 114 valence electrons. The summed E-state index contributed by atoms with van der Waals surface area (Å²) in [7, 11) is 0. The lowest BCUT2D eigenvalue weighted by Gasteiger charge is -2.37. The highest BCUT2D eigenvalue weighted by Crippen LogP contribution is 2.41. The van der Waals surface area contributed by atoms with Crippen molar-refractivity contribution >= 4 is 23.3 Å². The molecule has 1 aromatic carbocycles. The molecule has 1 saturated carbocycles. The lowest BCUT2D eigenvalue weighted by Crippen LogP contribution is -2.37. The van der Waals surface area contributed by atoms with Crippen molar-refractivity contribution in [2.45, 2.75) is 39.5 Å². The molecule has 0 aromatic heterocycles. The summed E-state index contributed by atoms with van der Waals surface area (Å²) in [5.74, 6) is -1.10. The Labute approximate surface area is 124 Å². The van der Waals surface area contributed by atoms with Crippen molar-refractivity contribution in [1.82, 2.24) is 0 Å². The van der Waals surface area contributed by atoms with E-state index >= 15 is 0 Å². The number of benzene rings is 1. The van der Waals surface area contributed by atoms with E-state index in [4.69, 9.17) is 10.8 Å². The molecule has 0 spiro atoms. The van der Waals surface area contributed by atoms with E-state index in [0.717, 1.165) is 25.7 Å². The van der Waals surface area contributed by atoms with E-state index in [9.17, 15) is 9.59 Å². The third kappa shape index (κ3) is 3.35. The maximum atomic E-state index is 12.5. The number of carboxylic acids is 1. The van der Waals surface area contributed by atoms with E-state index in [2.05, 4.69) is 19.2 Å². The van der Waals surface area contributed by atoms with Crippen LogP contribution in [0.2, 0.25) is 0 Å². The zero-order chi connectivity index (χ0) is 15.6. The van der Waals surface area contributed by atoms with Crippen LogP contribution < -0.4 is 11.1 Å². The summed E-state index contributed by atoms with van der Waals surface area (Å²) < 4.78 is 0. The normalized spacial score (nSPS) is 20.8. The largest absolute Gasteiger partial charge is 0.478 e. The summed E-state index contributed by atoms with van der Waals surface area (Å²) in [4.78, 5) is 23.3. The first kappa shape index (κ1) is 15.4. The second-order valence-corrected chi connectivity index (χ2v) is 6.38. The van der Waals surface area contributed by atoms with E-state index in [1.165, 1.54) is 12.1 Å². The number of amides is 1. The number of rotatable bonds is 3. The average Bonchev–Trinajstić information content (AvgIpc) is 2.40. The molecule has 0 radical (unpaired) electrons. The van der Waals surface area contributed by atoms with Crippen LogP contribution in [-0.4, -0.2) is 17.0 Å². The molecular weight excluding hydrogens is 268 g/mol. The van der Waals surface area contributed by atoms with Crippen molar-refractivity contribution in [1.29, 1.82) is 0 Å². The van der Waals surface area contributed by atoms with Gasteiger partial charge in [0.2, 0.25) is 5.91 Å². The van der Waals surface area contributed by atoms with Crippen LogP contribution in [-0.2, 0) is 4.79 Å². The minimum Gasteiger partial charge on any atom is -0.478 e. The molecule has 5 nitrogen and oxygen atoms in total. The number of nitrogens with two attached hydrogens (primary N) is 1. The van der Waals surface area contributed by atoms with Crippen molar-refractivity contribution < 1.29 is 14.7 Å². The van der Waals surface area contributed by atoms with Gasteiger partial charge in [-0.15, -0.1) is 0 Å². The van der Waals surface area contributed by atoms with Gasteiger partial charge in [0.1, 0.15) is 0 Å². The number of hydrogen-bond donors (Lipinski definition) is 3. The minimum absolute atomic E-state index is 0.0158. The van der Waals surface area contributed by atoms with Gasteiger partial charge in [-0.2, -0.15) is 0 Å². The number of carboxylic acid groups (broad SMARTS) is 1. The van der Waals surface area contributed by atoms with Crippen LogP contribution in [0.15, 0.2) is 18.2 Å². The number of nitrogen functional groups attached to an aromatic ring is 1. The Morgan fingerprint density at radius 1 is 1.33 bits per heavy atom.